The first kappa shape index (κ1) is 12.3. The van der Waals surface area contributed by atoms with E-state index in [9.17, 15) is 0 Å². The fourth-order valence-electron chi connectivity index (χ4n) is 3.41. The lowest BCUT2D eigenvalue weighted by atomic mass is 9.84. The van der Waals surface area contributed by atoms with E-state index in [4.69, 9.17) is 0 Å². The Kier molecular flexibility index (Phi) is 4.62. The third kappa shape index (κ3) is 2.96. The van der Waals surface area contributed by atoms with Crippen molar-refractivity contribution in [1.82, 2.24) is 15.1 Å². The van der Waals surface area contributed by atoms with Crippen molar-refractivity contribution in [1.29, 1.82) is 0 Å². The van der Waals surface area contributed by atoms with E-state index in [2.05, 4.69) is 22.2 Å². The van der Waals surface area contributed by atoms with Crippen LogP contribution in [-0.4, -0.2) is 62.7 Å². The normalized spacial score (nSPS) is 32.6. The minimum absolute atomic E-state index is 0.884. The molecule has 2 unspecified atom stereocenters. The topological polar surface area (TPSA) is 18.5 Å². The van der Waals surface area contributed by atoms with Crippen LogP contribution in [0.4, 0.5) is 0 Å². The van der Waals surface area contributed by atoms with Crippen LogP contribution in [0.25, 0.3) is 0 Å². The summed E-state index contributed by atoms with van der Waals surface area (Å²) in [5, 5.41) is 3.24. The predicted molar refractivity (Wildman–Crippen MR) is 68.7 cm³/mol. The molecule has 0 spiro atoms. The first-order chi connectivity index (χ1) is 7.81. The van der Waals surface area contributed by atoms with Crippen LogP contribution in [0.15, 0.2) is 0 Å². The van der Waals surface area contributed by atoms with E-state index >= 15 is 0 Å². The Balaban J connectivity index is 1.76. The van der Waals surface area contributed by atoms with Crippen LogP contribution in [0.1, 0.15) is 25.7 Å². The third-order valence-corrected chi connectivity index (χ3v) is 4.33. The quantitative estimate of drug-likeness (QED) is 0.721. The van der Waals surface area contributed by atoms with Crippen molar-refractivity contribution in [2.75, 3.05) is 46.8 Å². The Morgan fingerprint density at radius 3 is 2.94 bits per heavy atom. The lowest BCUT2D eigenvalue weighted by molar-refractivity contribution is 0.0383. The molecule has 16 heavy (non-hydrogen) atoms. The van der Waals surface area contributed by atoms with Crippen LogP contribution < -0.4 is 5.32 Å². The van der Waals surface area contributed by atoms with Crippen molar-refractivity contribution in [2.24, 2.45) is 5.92 Å². The SMILES string of the molecule is CNCCCN1CCC2C(CCCN2C)C1. The summed E-state index contributed by atoms with van der Waals surface area (Å²) in [5.41, 5.74) is 0. The zero-order valence-corrected chi connectivity index (χ0v) is 10.9. The molecule has 3 nitrogen and oxygen atoms in total. The summed E-state index contributed by atoms with van der Waals surface area (Å²) in [6.45, 7) is 6.42. The maximum Gasteiger partial charge on any atom is 0.0145 e. The van der Waals surface area contributed by atoms with Crippen molar-refractivity contribution in [3.63, 3.8) is 0 Å². The molecule has 2 aliphatic rings. The van der Waals surface area contributed by atoms with Gasteiger partial charge in [0, 0.05) is 12.6 Å². The van der Waals surface area contributed by atoms with E-state index in [-0.39, 0.29) is 0 Å². The molecule has 0 radical (unpaired) electrons. The molecule has 2 atom stereocenters. The fraction of sp³-hybridized carbons (Fsp3) is 1.00. The summed E-state index contributed by atoms with van der Waals surface area (Å²) < 4.78 is 0. The standard InChI is InChI=1S/C13H27N3/c1-14-7-4-9-16-10-6-13-12(11-16)5-3-8-15(13)2/h12-14H,3-11H2,1-2H3. The first-order valence-corrected chi connectivity index (χ1v) is 6.88. The molecule has 2 rings (SSSR count). The summed E-state index contributed by atoms with van der Waals surface area (Å²) in [6.07, 6.45) is 5.55. The Morgan fingerprint density at radius 1 is 1.25 bits per heavy atom. The molecule has 2 heterocycles. The maximum atomic E-state index is 3.24. The Hall–Kier alpha value is -0.120. The van der Waals surface area contributed by atoms with Gasteiger partial charge in [-0.1, -0.05) is 0 Å². The van der Waals surface area contributed by atoms with Gasteiger partial charge in [0.25, 0.3) is 0 Å². The van der Waals surface area contributed by atoms with E-state index in [0.717, 1.165) is 18.5 Å². The van der Waals surface area contributed by atoms with Crippen molar-refractivity contribution in [2.45, 2.75) is 31.7 Å². The molecule has 2 saturated heterocycles. The number of nitrogens with zero attached hydrogens (tertiary/aromatic N) is 2. The molecule has 0 aliphatic carbocycles. The van der Waals surface area contributed by atoms with Gasteiger partial charge >= 0.3 is 0 Å². The van der Waals surface area contributed by atoms with E-state index < -0.39 is 0 Å². The van der Waals surface area contributed by atoms with Crippen molar-refractivity contribution in [3.8, 4) is 0 Å². The van der Waals surface area contributed by atoms with Crippen LogP contribution >= 0.6 is 0 Å². The highest BCUT2D eigenvalue weighted by Crippen LogP contribution is 2.29. The van der Waals surface area contributed by atoms with Gasteiger partial charge in [0.1, 0.15) is 0 Å². The van der Waals surface area contributed by atoms with Crippen molar-refractivity contribution >= 4 is 0 Å². The molecular formula is C13H27N3. The first-order valence-electron chi connectivity index (χ1n) is 6.88. The highest BCUT2D eigenvalue weighted by atomic mass is 15.2. The zero-order valence-electron chi connectivity index (χ0n) is 10.9. The van der Waals surface area contributed by atoms with Gasteiger partial charge < -0.3 is 15.1 Å². The smallest absolute Gasteiger partial charge is 0.0145 e. The lowest BCUT2D eigenvalue weighted by Crippen LogP contribution is -2.52. The molecule has 0 aromatic heterocycles. The Labute approximate surface area is 100 Å². The summed E-state index contributed by atoms with van der Waals surface area (Å²) in [6, 6.07) is 0.884. The number of piperidine rings is 2. The number of nitrogens with one attached hydrogen (secondary N) is 1. The molecule has 2 aliphatic heterocycles. The van der Waals surface area contributed by atoms with Crippen LogP contribution in [0, 0.1) is 5.92 Å². The highest BCUT2D eigenvalue weighted by molar-refractivity contribution is 4.89. The van der Waals surface area contributed by atoms with E-state index in [1.165, 1.54) is 51.9 Å². The second kappa shape index (κ2) is 5.99. The van der Waals surface area contributed by atoms with Gasteiger partial charge in [0.2, 0.25) is 0 Å². The molecule has 94 valence electrons. The average molecular weight is 225 g/mol. The molecular weight excluding hydrogens is 198 g/mol. The van der Waals surface area contributed by atoms with Crippen molar-refractivity contribution in [3.05, 3.63) is 0 Å². The second-order valence-electron chi connectivity index (χ2n) is 5.50. The minimum Gasteiger partial charge on any atom is -0.320 e. The number of hydrogen-bond acceptors (Lipinski definition) is 3. The maximum absolute atomic E-state index is 3.24. The van der Waals surface area contributed by atoms with Gasteiger partial charge in [0.15, 0.2) is 0 Å². The summed E-state index contributed by atoms with van der Waals surface area (Å²) in [4.78, 5) is 5.27. The van der Waals surface area contributed by atoms with Crippen LogP contribution in [-0.2, 0) is 0 Å². The second-order valence-corrected chi connectivity index (χ2v) is 5.50. The molecule has 1 N–H and O–H groups in total. The van der Waals surface area contributed by atoms with Crippen LogP contribution in [0.2, 0.25) is 0 Å². The number of fused-ring (bicyclic) bond motifs is 1. The average Bonchev–Trinajstić information content (AvgIpc) is 2.30. The van der Waals surface area contributed by atoms with E-state index in [1.54, 1.807) is 0 Å². The van der Waals surface area contributed by atoms with Gasteiger partial charge in [-0.15, -0.1) is 0 Å². The van der Waals surface area contributed by atoms with Gasteiger partial charge in [-0.05, 0) is 71.9 Å². The third-order valence-electron chi connectivity index (χ3n) is 4.33. The lowest BCUT2D eigenvalue weighted by Gasteiger charge is -2.46. The minimum atomic E-state index is 0.884. The highest BCUT2D eigenvalue weighted by Gasteiger charge is 2.33. The number of rotatable bonds is 4. The number of hydrogen-bond donors (Lipinski definition) is 1. The Bertz CT molecular complexity index is 207. The zero-order chi connectivity index (χ0) is 11.4. The predicted octanol–water partition coefficient (Wildman–Crippen LogP) is 1.01. The van der Waals surface area contributed by atoms with Crippen LogP contribution in [0.5, 0.6) is 0 Å². The summed E-state index contributed by atoms with van der Waals surface area (Å²) >= 11 is 0. The molecule has 2 fully saturated rings. The van der Waals surface area contributed by atoms with Crippen LogP contribution in [0.3, 0.4) is 0 Å². The monoisotopic (exact) mass is 225 g/mol. The molecule has 0 amide bonds. The van der Waals surface area contributed by atoms with E-state index in [1.807, 2.05) is 7.05 Å². The molecule has 3 heteroatoms. The summed E-state index contributed by atoms with van der Waals surface area (Å²) in [7, 11) is 4.36. The Morgan fingerprint density at radius 2 is 2.12 bits per heavy atom. The molecule has 0 saturated carbocycles. The van der Waals surface area contributed by atoms with E-state index in [0.29, 0.717) is 0 Å². The fourth-order valence-corrected chi connectivity index (χ4v) is 3.41. The largest absolute Gasteiger partial charge is 0.320 e. The summed E-state index contributed by atoms with van der Waals surface area (Å²) in [5.74, 6) is 0.946. The van der Waals surface area contributed by atoms with Gasteiger partial charge in [-0.25, -0.2) is 0 Å². The van der Waals surface area contributed by atoms with Gasteiger partial charge in [-0.2, -0.15) is 0 Å². The van der Waals surface area contributed by atoms with Gasteiger partial charge in [-0.3, -0.25) is 0 Å². The van der Waals surface area contributed by atoms with Gasteiger partial charge in [0.05, 0.1) is 0 Å². The van der Waals surface area contributed by atoms with Crippen molar-refractivity contribution < 1.29 is 0 Å². The number of likely N-dealkylation sites (tertiary alicyclic amines) is 2. The molecule has 0 aromatic rings. The molecule has 0 aromatic carbocycles. The molecule has 0 bridgehead atoms.